The molecule has 2 aromatic rings. The monoisotopic (exact) mass is 390 g/mol. The highest BCUT2D eigenvalue weighted by Gasteiger charge is 2.26. The molecule has 0 amide bonds. The van der Waals surface area contributed by atoms with Crippen molar-refractivity contribution in [2.24, 2.45) is 5.16 Å². The molecule has 0 bridgehead atoms. The first-order chi connectivity index (χ1) is 13.8. The number of rotatable bonds is 8. The molecular weight excluding hydrogens is 356 g/mol. The first-order valence-electron chi connectivity index (χ1n) is 10.8. The second kappa shape index (κ2) is 9.41. The van der Waals surface area contributed by atoms with Crippen molar-refractivity contribution in [2.45, 2.75) is 65.5 Å². The molecular formula is C26H34N2O. The molecule has 0 unspecified atom stereocenters. The number of unbranched alkanes of at least 4 members (excludes halogenated alkanes) is 2. The zero-order chi connectivity index (χ0) is 20.9. The molecule has 2 aromatic carbocycles. The molecule has 0 aliphatic heterocycles. The maximum absolute atomic E-state index is 5.78. The van der Waals surface area contributed by atoms with E-state index < -0.39 is 0 Å². The van der Waals surface area contributed by atoms with Gasteiger partial charge in [0.05, 0.1) is 0 Å². The van der Waals surface area contributed by atoms with Gasteiger partial charge < -0.3 is 10.2 Å². The maximum Gasteiger partial charge on any atom is 0.129 e. The fraction of sp³-hybridized carbons (Fsp3) is 0.423. The van der Waals surface area contributed by atoms with Crippen LogP contribution in [0.1, 0.15) is 70.6 Å². The second-order valence-corrected chi connectivity index (χ2v) is 9.00. The molecule has 0 radical (unpaired) electrons. The molecule has 3 nitrogen and oxygen atoms in total. The molecule has 3 heteroatoms. The molecule has 1 N–H and O–H groups in total. The van der Waals surface area contributed by atoms with Gasteiger partial charge in [-0.05, 0) is 69.3 Å². The fourth-order valence-electron chi connectivity index (χ4n) is 3.44. The number of nitrogens with zero attached hydrogens (tertiary/aromatic N) is 1. The highest BCUT2D eigenvalue weighted by atomic mass is 16.6. The van der Waals surface area contributed by atoms with Crippen molar-refractivity contribution in [3.05, 3.63) is 65.2 Å². The Bertz CT molecular complexity index is 888. The van der Waals surface area contributed by atoms with Gasteiger partial charge in [-0.25, -0.2) is 0 Å². The van der Waals surface area contributed by atoms with E-state index in [0.717, 1.165) is 29.8 Å². The standard InChI is InChI=1S/C26H34N2O/c1-19(2)27-17-11-7-6-8-12-20-15-16-22-21-13-9-10-14-23(21)25(24(22)18-20)28-29-26(3,4)5/h8-10,12-16,18-19,27H,6-7,11,17H2,1-5H3/b12-8+,28-25+. The molecule has 29 heavy (non-hydrogen) atoms. The van der Waals surface area contributed by atoms with Gasteiger partial charge in [0.25, 0.3) is 0 Å². The van der Waals surface area contributed by atoms with Crippen LogP contribution in [0.2, 0.25) is 0 Å². The topological polar surface area (TPSA) is 33.6 Å². The Kier molecular flexibility index (Phi) is 6.92. The largest absolute Gasteiger partial charge is 0.390 e. The Balaban J connectivity index is 1.74. The van der Waals surface area contributed by atoms with E-state index in [1.807, 2.05) is 20.8 Å². The van der Waals surface area contributed by atoms with E-state index in [9.17, 15) is 0 Å². The molecule has 0 saturated heterocycles. The van der Waals surface area contributed by atoms with E-state index in [4.69, 9.17) is 4.84 Å². The maximum atomic E-state index is 5.78. The van der Waals surface area contributed by atoms with Gasteiger partial charge >= 0.3 is 0 Å². The van der Waals surface area contributed by atoms with Gasteiger partial charge in [0, 0.05) is 17.2 Å². The zero-order valence-electron chi connectivity index (χ0n) is 18.5. The Morgan fingerprint density at radius 1 is 0.966 bits per heavy atom. The Labute approximate surface area is 175 Å². The molecule has 0 atom stereocenters. The number of hydrogen-bond donors (Lipinski definition) is 1. The molecule has 1 aliphatic carbocycles. The molecule has 1 aliphatic rings. The van der Waals surface area contributed by atoms with Crippen molar-refractivity contribution in [1.29, 1.82) is 0 Å². The van der Waals surface area contributed by atoms with Crippen molar-refractivity contribution >= 4 is 11.8 Å². The predicted octanol–water partition coefficient (Wildman–Crippen LogP) is 6.42. The summed E-state index contributed by atoms with van der Waals surface area (Å²) in [4.78, 5) is 5.78. The summed E-state index contributed by atoms with van der Waals surface area (Å²) in [6, 6.07) is 15.6. The lowest BCUT2D eigenvalue weighted by atomic mass is 10.0. The SMILES string of the molecule is CC(C)NCCCC/C=C/c1ccc2c(c1)/C(=N/OC(C)(C)C)c1ccccc1-2. The highest BCUT2D eigenvalue weighted by molar-refractivity contribution is 6.24. The van der Waals surface area contributed by atoms with Gasteiger partial charge in [-0.1, -0.05) is 67.6 Å². The number of fused-ring (bicyclic) bond motifs is 3. The summed E-state index contributed by atoms with van der Waals surface area (Å²) in [6.45, 7) is 11.5. The van der Waals surface area contributed by atoms with E-state index >= 15 is 0 Å². The van der Waals surface area contributed by atoms with Crippen LogP contribution < -0.4 is 5.32 Å². The van der Waals surface area contributed by atoms with E-state index in [2.05, 4.69) is 78.9 Å². The van der Waals surface area contributed by atoms with Gasteiger partial charge in [-0.15, -0.1) is 0 Å². The van der Waals surface area contributed by atoms with Crippen molar-refractivity contribution in [3.63, 3.8) is 0 Å². The van der Waals surface area contributed by atoms with Crippen molar-refractivity contribution in [3.8, 4) is 11.1 Å². The van der Waals surface area contributed by atoms with Crippen LogP contribution >= 0.6 is 0 Å². The van der Waals surface area contributed by atoms with Crippen LogP contribution in [0.15, 0.2) is 53.7 Å². The van der Waals surface area contributed by atoms with Crippen LogP contribution in [0.25, 0.3) is 17.2 Å². The van der Waals surface area contributed by atoms with Gasteiger partial charge in [-0.3, -0.25) is 0 Å². The van der Waals surface area contributed by atoms with Crippen molar-refractivity contribution < 1.29 is 4.84 Å². The third kappa shape index (κ3) is 5.80. The average molecular weight is 391 g/mol. The van der Waals surface area contributed by atoms with E-state index in [-0.39, 0.29) is 5.60 Å². The summed E-state index contributed by atoms with van der Waals surface area (Å²) in [5.41, 5.74) is 6.58. The molecule has 154 valence electrons. The summed E-state index contributed by atoms with van der Waals surface area (Å²) in [5.74, 6) is 0. The molecule has 3 rings (SSSR count). The van der Waals surface area contributed by atoms with Gasteiger partial charge in [0.15, 0.2) is 0 Å². The van der Waals surface area contributed by atoms with Crippen LogP contribution in [0.5, 0.6) is 0 Å². The normalized spacial score (nSPS) is 14.6. The van der Waals surface area contributed by atoms with Crippen LogP contribution in [0, 0.1) is 0 Å². The van der Waals surface area contributed by atoms with Crippen molar-refractivity contribution in [1.82, 2.24) is 5.32 Å². The summed E-state index contributed by atoms with van der Waals surface area (Å²) < 4.78 is 0. The average Bonchev–Trinajstić information content (AvgIpc) is 2.98. The van der Waals surface area contributed by atoms with E-state index in [1.54, 1.807) is 0 Å². The number of hydrogen-bond acceptors (Lipinski definition) is 3. The molecule has 0 heterocycles. The third-order valence-corrected chi connectivity index (χ3v) is 4.84. The Morgan fingerprint density at radius 3 is 2.41 bits per heavy atom. The highest BCUT2D eigenvalue weighted by Crippen LogP contribution is 2.37. The lowest BCUT2D eigenvalue weighted by molar-refractivity contribution is 0.00121. The van der Waals surface area contributed by atoms with Gasteiger partial charge in [0.1, 0.15) is 11.3 Å². The third-order valence-electron chi connectivity index (χ3n) is 4.84. The fourth-order valence-corrected chi connectivity index (χ4v) is 3.44. The number of oxime groups is 1. The smallest absolute Gasteiger partial charge is 0.129 e. The molecule has 0 aromatic heterocycles. The Morgan fingerprint density at radius 2 is 1.69 bits per heavy atom. The van der Waals surface area contributed by atoms with Gasteiger partial charge in [-0.2, -0.15) is 0 Å². The van der Waals surface area contributed by atoms with Crippen molar-refractivity contribution in [2.75, 3.05) is 6.54 Å². The number of benzene rings is 2. The first kappa shape index (κ1) is 21.3. The van der Waals surface area contributed by atoms with Crippen LogP contribution in [-0.2, 0) is 4.84 Å². The summed E-state index contributed by atoms with van der Waals surface area (Å²) >= 11 is 0. The minimum Gasteiger partial charge on any atom is -0.390 e. The summed E-state index contributed by atoms with van der Waals surface area (Å²) in [7, 11) is 0. The minimum absolute atomic E-state index is 0.313. The predicted molar refractivity (Wildman–Crippen MR) is 124 cm³/mol. The number of allylic oxidation sites excluding steroid dienone is 1. The van der Waals surface area contributed by atoms with Crippen LogP contribution in [-0.4, -0.2) is 23.9 Å². The first-order valence-corrected chi connectivity index (χ1v) is 10.8. The zero-order valence-corrected chi connectivity index (χ0v) is 18.5. The summed E-state index contributed by atoms with van der Waals surface area (Å²) in [5, 5.41) is 8.02. The molecule has 0 spiro atoms. The van der Waals surface area contributed by atoms with Crippen LogP contribution in [0.4, 0.5) is 0 Å². The quantitative estimate of drug-likeness (QED) is 0.356. The van der Waals surface area contributed by atoms with E-state index in [1.165, 1.54) is 29.5 Å². The lowest BCUT2D eigenvalue weighted by Crippen LogP contribution is -2.23. The number of nitrogens with one attached hydrogen (secondary N) is 1. The molecule has 0 fully saturated rings. The van der Waals surface area contributed by atoms with E-state index in [0.29, 0.717) is 6.04 Å². The second-order valence-electron chi connectivity index (χ2n) is 9.00. The Hall–Kier alpha value is -2.39. The lowest BCUT2D eigenvalue weighted by Gasteiger charge is -2.16. The van der Waals surface area contributed by atoms with Gasteiger partial charge in [0.2, 0.25) is 0 Å². The van der Waals surface area contributed by atoms with Crippen LogP contribution in [0.3, 0.4) is 0 Å². The minimum atomic E-state index is -0.313. The summed E-state index contributed by atoms with van der Waals surface area (Å²) in [6.07, 6.45) is 8.02. The molecule has 0 saturated carbocycles.